The van der Waals surface area contributed by atoms with Crippen LogP contribution in [0.3, 0.4) is 0 Å². The van der Waals surface area contributed by atoms with Crippen LogP contribution in [0.1, 0.15) is 18.7 Å². The van der Waals surface area contributed by atoms with Gasteiger partial charge in [0, 0.05) is 10.6 Å². The van der Waals surface area contributed by atoms with Crippen LogP contribution in [-0.4, -0.2) is 16.5 Å². The van der Waals surface area contributed by atoms with Crippen molar-refractivity contribution in [2.24, 2.45) is 5.92 Å². The fraction of sp³-hybridized carbons (Fsp3) is 0.357. The highest BCUT2D eigenvalue weighted by molar-refractivity contribution is 6.30. The van der Waals surface area contributed by atoms with Crippen LogP contribution in [0.25, 0.3) is 11.3 Å². The maximum atomic E-state index is 5.98. The van der Waals surface area contributed by atoms with Gasteiger partial charge in [0.25, 0.3) is 0 Å². The van der Waals surface area contributed by atoms with Crippen molar-refractivity contribution in [1.82, 2.24) is 15.3 Å². The van der Waals surface area contributed by atoms with Gasteiger partial charge in [0.1, 0.15) is 5.82 Å². The maximum Gasteiger partial charge on any atom is 0.120 e. The summed E-state index contributed by atoms with van der Waals surface area (Å²) in [7, 11) is 0. The number of rotatable bonds is 5. The van der Waals surface area contributed by atoms with Gasteiger partial charge in [0.15, 0.2) is 0 Å². The minimum Gasteiger partial charge on any atom is -0.341 e. The van der Waals surface area contributed by atoms with Crippen LogP contribution in [0.2, 0.25) is 5.02 Å². The second kappa shape index (κ2) is 5.12. The summed E-state index contributed by atoms with van der Waals surface area (Å²) in [4.78, 5) is 7.70. The third-order valence-electron chi connectivity index (χ3n) is 3.19. The quantitative estimate of drug-likeness (QED) is 0.868. The first-order valence-electron chi connectivity index (χ1n) is 6.32. The van der Waals surface area contributed by atoms with Gasteiger partial charge in [-0.15, -0.1) is 0 Å². The maximum absolute atomic E-state index is 5.98. The molecule has 0 radical (unpaired) electrons. The van der Waals surface area contributed by atoms with E-state index in [1.54, 1.807) is 0 Å². The summed E-state index contributed by atoms with van der Waals surface area (Å²) >= 11 is 5.98. The summed E-state index contributed by atoms with van der Waals surface area (Å²) in [5.74, 6) is 1.87. The van der Waals surface area contributed by atoms with Crippen molar-refractivity contribution in [3.05, 3.63) is 41.3 Å². The molecular weight excluding hydrogens is 246 g/mol. The molecule has 1 aliphatic rings. The first-order valence-corrected chi connectivity index (χ1v) is 6.69. The Morgan fingerprint density at radius 1 is 1.39 bits per heavy atom. The zero-order valence-corrected chi connectivity index (χ0v) is 10.9. The summed E-state index contributed by atoms with van der Waals surface area (Å²) < 4.78 is 0. The summed E-state index contributed by atoms with van der Waals surface area (Å²) in [5.41, 5.74) is 2.09. The SMILES string of the molecule is Clc1cccc(-c2cnc(CNCC3CC3)[nH]2)c1. The standard InChI is InChI=1S/C14H16ClN3/c15-12-3-1-2-11(6-12)13-8-17-14(18-13)9-16-7-10-4-5-10/h1-3,6,8,10,16H,4-5,7,9H2,(H,17,18). The normalized spacial score (nSPS) is 14.9. The highest BCUT2D eigenvalue weighted by Crippen LogP contribution is 2.27. The number of hydrogen-bond acceptors (Lipinski definition) is 2. The van der Waals surface area contributed by atoms with E-state index in [4.69, 9.17) is 11.6 Å². The number of aromatic amines is 1. The molecule has 0 spiro atoms. The summed E-state index contributed by atoms with van der Waals surface area (Å²) in [6, 6.07) is 7.79. The second-order valence-corrected chi connectivity index (χ2v) is 5.26. The molecule has 0 atom stereocenters. The van der Waals surface area contributed by atoms with E-state index in [0.29, 0.717) is 0 Å². The number of H-pyrrole nitrogens is 1. The van der Waals surface area contributed by atoms with Crippen molar-refractivity contribution in [3.8, 4) is 11.3 Å². The van der Waals surface area contributed by atoms with E-state index in [9.17, 15) is 0 Å². The minimum atomic E-state index is 0.746. The molecule has 0 amide bonds. The first-order chi connectivity index (χ1) is 8.81. The molecule has 0 unspecified atom stereocenters. The Kier molecular flexibility index (Phi) is 3.35. The zero-order chi connectivity index (χ0) is 12.4. The first kappa shape index (κ1) is 11.8. The van der Waals surface area contributed by atoms with Gasteiger partial charge in [-0.1, -0.05) is 23.7 Å². The summed E-state index contributed by atoms with van der Waals surface area (Å²) in [6.07, 6.45) is 4.61. The number of benzene rings is 1. The van der Waals surface area contributed by atoms with Crippen molar-refractivity contribution in [2.75, 3.05) is 6.54 Å². The second-order valence-electron chi connectivity index (χ2n) is 4.83. The summed E-state index contributed by atoms with van der Waals surface area (Å²) in [5, 5.41) is 4.17. The Morgan fingerprint density at radius 3 is 3.06 bits per heavy atom. The molecule has 3 nitrogen and oxygen atoms in total. The molecule has 2 aromatic rings. The largest absolute Gasteiger partial charge is 0.341 e. The number of nitrogens with zero attached hydrogens (tertiary/aromatic N) is 1. The van der Waals surface area contributed by atoms with Crippen molar-refractivity contribution < 1.29 is 0 Å². The van der Waals surface area contributed by atoms with Gasteiger partial charge < -0.3 is 10.3 Å². The van der Waals surface area contributed by atoms with Crippen molar-refractivity contribution in [3.63, 3.8) is 0 Å². The van der Waals surface area contributed by atoms with Gasteiger partial charge in [-0.25, -0.2) is 4.98 Å². The van der Waals surface area contributed by atoms with Crippen molar-refractivity contribution >= 4 is 11.6 Å². The fourth-order valence-corrected chi connectivity index (χ4v) is 2.16. The van der Waals surface area contributed by atoms with Crippen LogP contribution >= 0.6 is 11.6 Å². The fourth-order valence-electron chi connectivity index (χ4n) is 1.97. The molecule has 2 N–H and O–H groups in total. The Morgan fingerprint density at radius 2 is 2.28 bits per heavy atom. The van der Waals surface area contributed by atoms with Crippen molar-refractivity contribution in [1.29, 1.82) is 0 Å². The zero-order valence-electron chi connectivity index (χ0n) is 10.1. The van der Waals surface area contributed by atoms with Crippen LogP contribution in [0.15, 0.2) is 30.5 Å². The third kappa shape index (κ3) is 2.92. The Balaban J connectivity index is 1.64. The molecule has 1 heterocycles. The molecule has 1 aliphatic carbocycles. The lowest BCUT2D eigenvalue weighted by Crippen LogP contribution is -2.16. The van der Waals surface area contributed by atoms with Crippen LogP contribution in [0.5, 0.6) is 0 Å². The van der Waals surface area contributed by atoms with Gasteiger partial charge >= 0.3 is 0 Å². The van der Waals surface area contributed by atoms with Crippen LogP contribution in [0, 0.1) is 5.92 Å². The van der Waals surface area contributed by atoms with E-state index in [2.05, 4.69) is 15.3 Å². The lowest BCUT2D eigenvalue weighted by atomic mass is 10.2. The highest BCUT2D eigenvalue weighted by Gasteiger charge is 2.20. The minimum absolute atomic E-state index is 0.746. The van der Waals surface area contributed by atoms with Crippen LogP contribution < -0.4 is 5.32 Å². The summed E-state index contributed by atoms with van der Waals surface area (Å²) in [6.45, 7) is 1.91. The van der Waals surface area contributed by atoms with Crippen LogP contribution in [-0.2, 0) is 6.54 Å². The number of halogens is 1. The number of hydrogen-bond donors (Lipinski definition) is 2. The van der Waals surface area contributed by atoms with E-state index in [1.807, 2.05) is 30.5 Å². The molecule has 4 heteroatoms. The molecule has 94 valence electrons. The molecule has 1 saturated carbocycles. The molecule has 0 bridgehead atoms. The average molecular weight is 262 g/mol. The number of nitrogens with one attached hydrogen (secondary N) is 2. The average Bonchev–Trinajstić information content (AvgIpc) is 3.06. The molecule has 1 aromatic heterocycles. The predicted octanol–water partition coefficient (Wildman–Crippen LogP) is 3.23. The Bertz CT molecular complexity index is 531. The van der Waals surface area contributed by atoms with E-state index >= 15 is 0 Å². The molecule has 3 rings (SSSR count). The van der Waals surface area contributed by atoms with Crippen LogP contribution in [0.4, 0.5) is 0 Å². The lowest BCUT2D eigenvalue weighted by molar-refractivity contribution is 0.623. The van der Waals surface area contributed by atoms with E-state index in [1.165, 1.54) is 12.8 Å². The highest BCUT2D eigenvalue weighted by atomic mass is 35.5. The predicted molar refractivity (Wildman–Crippen MR) is 73.5 cm³/mol. The molecule has 0 saturated heterocycles. The van der Waals surface area contributed by atoms with E-state index in [-0.39, 0.29) is 0 Å². The van der Waals surface area contributed by atoms with Gasteiger partial charge in [-0.2, -0.15) is 0 Å². The Hall–Kier alpha value is -1.32. The van der Waals surface area contributed by atoms with E-state index < -0.39 is 0 Å². The molecule has 18 heavy (non-hydrogen) atoms. The van der Waals surface area contributed by atoms with Crippen molar-refractivity contribution in [2.45, 2.75) is 19.4 Å². The lowest BCUT2D eigenvalue weighted by Gasteiger charge is -2.00. The third-order valence-corrected chi connectivity index (χ3v) is 3.42. The topological polar surface area (TPSA) is 40.7 Å². The monoisotopic (exact) mass is 261 g/mol. The molecule has 1 aromatic carbocycles. The molecular formula is C14H16ClN3. The number of imidazole rings is 1. The van der Waals surface area contributed by atoms with Gasteiger partial charge in [0.05, 0.1) is 18.4 Å². The molecule has 1 fully saturated rings. The van der Waals surface area contributed by atoms with Gasteiger partial charge in [-0.3, -0.25) is 0 Å². The van der Waals surface area contributed by atoms with E-state index in [0.717, 1.165) is 41.1 Å². The molecule has 0 aliphatic heterocycles. The smallest absolute Gasteiger partial charge is 0.120 e. The van der Waals surface area contributed by atoms with Gasteiger partial charge in [0.2, 0.25) is 0 Å². The number of aromatic nitrogens is 2. The van der Waals surface area contributed by atoms with Gasteiger partial charge in [-0.05, 0) is 37.4 Å². The Labute approximate surface area is 112 Å².